The van der Waals surface area contributed by atoms with E-state index in [0.29, 0.717) is 16.3 Å². The highest BCUT2D eigenvalue weighted by Crippen LogP contribution is 2.38. The van der Waals surface area contributed by atoms with E-state index in [1.807, 2.05) is 12.1 Å². The van der Waals surface area contributed by atoms with Gasteiger partial charge < -0.3 is 10.2 Å². The Balaban J connectivity index is 1.72. The van der Waals surface area contributed by atoms with E-state index in [2.05, 4.69) is 15.2 Å². The van der Waals surface area contributed by atoms with Gasteiger partial charge in [-0.3, -0.25) is 4.99 Å². The van der Waals surface area contributed by atoms with Crippen LogP contribution in [0.3, 0.4) is 0 Å². The van der Waals surface area contributed by atoms with E-state index in [1.54, 1.807) is 12.1 Å². The van der Waals surface area contributed by atoms with Crippen LogP contribution in [0.25, 0.3) is 21.9 Å². The fraction of sp³-hybridized carbons (Fsp3) is 0.235. The van der Waals surface area contributed by atoms with Crippen LogP contribution in [0, 0.1) is 5.82 Å². The maximum atomic E-state index is 14.6. The van der Waals surface area contributed by atoms with Crippen molar-refractivity contribution in [3.8, 4) is 21.9 Å². The van der Waals surface area contributed by atoms with Crippen LogP contribution in [0.1, 0.15) is 17.8 Å². The first-order valence-corrected chi connectivity index (χ1v) is 10.6. The molecule has 2 aromatic heterocycles. The molecular weight excluding hydrogens is 391 g/mol. The van der Waals surface area contributed by atoms with Gasteiger partial charge in [0, 0.05) is 10.4 Å². The van der Waals surface area contributed by atoms with Crippen LogP contribution in [-0.2, 0) is 9.84 Å². The standard InChI is InChI=1S/C17H15FN4O3S2/c1-9-16(19)21-13(7-27(9,23)24)15-12(18)6-14(26-15)10-3-2-4-11(5-10)17-22-20-8-25-17/h2-6,8-9,13H,7H2,1H3,(H2,19,21). The molecule has 27 heavy (non-hydrogen) atoms. The Morgan fingerprint density at radius 2 is 2.07 bits per heavy atom. The molecule has 4 rings (SSSR count). The number of hydrogen-bond donors (Lipinski definition) is 1. The predicted molar refractivity (Wildman–Crippen MR) is 101 cm³/mol. The maximum Gasteiger partial charge on any atom is 0.247 e. The van der Waals surface area contributed by atoms with Gasteiger partial charge >= 0.3 is 0 Å². The SMILES string of the molecule is CC1C(N)=NC(c2sc(-c3cccc(-c4nnco4)c3)cc2F)CS1(=O)=O. The first-order chi connectivity index (χ1) is 12.8. The molecule has 3 heterocycles. The van der Waals surface area contributed by atoms with E-state index in [0.717, 1.165) is 16.9 Å². The van der Waals surface area contributed by atoms with Crippen molar-refractivity contribution in [2.75, 3.05) is 5.75 Å². The van der Waals surface area contributed by atoms with Crippen molar-refractivity contribution in [1.82, 2.24) is 10.2 Å². The summed E-state index contributed by atoms with van der Waals surface area (Å²) in [6, 6.07) is 7.79. The third kappa shape index (κ3) is 3.26. The molecule has 2 atom stereocenters. The van der Waals surface area contributed by atoms with Gasteiger partial charge in [0.1, 0.15) is 22.9 Å². The quantitative estimate of drug-likeness (QED) is 0.716. The van der Waals surface area contributed by atoms with E-state index >= 15 is 0 Å². The molecule has 10 heteroatoms. The zero-order chi connectivity index (χ0) is 19.2. The van der Waals surface area contributed by atoms with Gasteiger partial charge in [0.25, 0.3) is 0 Å². The first kappa shape index (κ1) is 17.8. The normalized spacial score (nSPS) is 21.8. The molecule has 0 fully saturated rings. The van der Waals surface area contributed by atoms with Crippen LogP contribution in [0.2, 0.25) is 0 Å². The highest BCUT2D eigenvalue weighted by molar-refractivity contribution is 7.92. The molecule has 0 amide bonds. The fourth-order valence-corrected chi connectivity index (χ4v) is 5.44. The average Bonchev–Trinajstić information content (AvgIpc) is 3.29. The van der Waals surface area contributed by atoms with Crippen molar-refractivity contribution in [3.05, 3.63) is 47.4 Å². The summed E-state index contributed by atoms with van der Waals surface area (Å²) in [7, 11) is -3.46. The third-order valence-electron chi connectivity index (χ3n) is 4.42. The van der Waals surface area contributed by atoms with Crippen molar-refractivity contribution in [3.63, 3.8) is 0 Å². The van der Waals surface area contributed by atoms with Gasteiger partial charge in [0.15, 0.2) is 9.84 Å². The Morgan fingerprint density at radius 1 is 1.30 bits per heavy atom. The minimum Gasteiger partial charge on any atom is -0.423 e. The molecule has 1 aliphatic rings. The number of aromatic nitrogens is 2. The molecule has 0 radical (unpaired) electrons. The second-order valence-corrected chi connectivity index (χ2v) is 9.64. The molecule has 0 spiro atoms. The molecule has 2 N–H and O–H groups in total. The van der Waals surface area contributed by atoms with Crippen molar-refractivity contribution < 1.29 is 17.2 Å². The lowest BCUT2D eigenvalue weighted by molar-refractivity contribution is 0.568. The van der Waals surface area contributed by atoms with E-state index < -0.39 is 26.9 Å². The van der Waals surface area contributed by atoms with Gasteiger partial charge in [-0.2, -0.15) is 0 Å². The number of sulfone groups is 1. The molecule has 0 saturated heterocycles. The number of thiophene rings is 1. The summed E-state index contributed by atoms with van der Waals surface area (Å²) >= 11 is 1.16. The molecule has 0 bridgehead atoms. The molecule has 3 aromatic rings. The molecule has 140 valence electrons. The second kappa shape index (κ2) is 6.54. The maximum absolute atomic E-state index is 14.6. The summed E-state index contributed by atoms with van der Waals surface area (Å²) in [5, 5.41) is 6.67. The van der Waals surface area contributed by atoms with Crippen LogP contribution < -0.4 is 5.73 Å². The number of benzene rings is 1. The average molecular weight is 406 g/mol. The van der Waals surface area contributed by atoms with Crippen LogP contribution in [0.15, 0.2) is 46.1 Å². The summed E-state index contributed by atoms with van der Waals surface area (Å²) in [6.07, 6.45) is 1.23. The number of nitrogens with zero attached hydrogens (tertiary/aromatic N) is 3. The van der Waals surface area contributed by atoms with Crippen LogP contribution >= 0.6 is 11.3 Å². The van der Waals surface area contributed by atoms with Gasteiger partial charge in [-0.15, -0.1) is 21.5 Å². The van der Waals surface area contributed by atoms with Crippen molar-refractivity contribution in [1.29, 1.82) is 0 Å². The summed E-state index contributed by atoms with van der Waals surface area (Å²) in [5.41, 5.74) is 7.21. The summed E-state index contributed by atoms with van der Waals surface area (Å²) in [6.45, 7) is 1.49. The lowest BCUT2D eigenvalue weighted by atomic mass is 10.1. The van der Waals surface area contributed by atoms with Gasteiger partial charge in [0.05, 0.1) is 10.6 Å². The van der Waals surface area contributed by atoms with E-state index in [9.17, 15) is 12.8 Å². The van der Waals surface area contributed by atoms with Crippen LogP contribution in [-0.4, -0.2) is 35.5 Å². The number of hydrogen-bond acceptors (Lipinski definition) is 8. The smallest absolute Gasteiger partial charge is 0.247 e. The van der Waals surface area contributed by atoms with Gasteiger partial charge in [-0.25, -0.2) is 12.8 Å². The number of nitrogens with two attached hydrogens (primary N) is 1. The van der Waals surface area contributed by atoms with Crippen molar-refractivity contribution in [2.24, 2.45) is 10.7 Å². The lowest BCUT2D eigenvalue weighted by Gasteiger charge is -2.23. The van der Waals surface area contributed by atoms with E-state index in [-0.39, 0.29) is 16.5 Å². The molecule has 1 aromatic carbocycles. The number of rotatable bonds is 3. The molecule has 2 unspecified atom stereocenters. The zero-order valence-electron chi connectivity index (χ0n) is 14.2. The number of halogens is 1. The fourth-order valence-electron chi connectivity index (χ4n) is 2.86. The lowest BCUT2D eigenvalue weighted by Crippen LogP contribution is -2.40. The summed E-state index contributed by atoms with van der Waals surface area (Å²) < 4.78 is 44.3. The Labute approximate surface area is 158 Å². The highest BCUT2D eigenvalue weighted by atomic mass is 32.2. The molecule has 1 aliphatic heterocycles. The number of aliphatic imine (C=N–C) groups is 1. The van der Waals surface area contributed by atoms with Crippen LogP contribution in [0.5, 0.6) is 0 Å². The van der Waals surface area contributed by atoms with Gasteiger partial charge in [-0.05, 0) is 30.7 Å². The van der Waals surface area contributed by atoms with E-state index in [1.165, 1.54) is 19.4 Å². The Bertz CT molecular complexity index is 1120. The molecular formula is C17H15FN4O3S2. The minimum absolute atomic E-state index is 0.0130. The second-order valence-electron chi connectivity index (χ2n) is 6.19. The van der Waals surface area contributed by atoms with Crippen molar-refractivity contribution in [2.45, 2.75) is 18.2 Å². The Hall–Kier alpha value is -2.59. The summed E-state index contributed by atoms with van der Waals surface area (Å²) in [4.78, 5) is 5.11. The van der Waals surface area contributed by atoms with Crippen molar-refractivity contribution >= 4 is 27.0 Å². The molecule has 0 saturated carbocycles. The third-order valence-corrected chi connectivity index (χ3v) is 7.78. The Kier molecular flexibility index (Phi) is 4.31. The van der Waals surface area contributed by atoms with E-state index in [4.69, 9.17) is 10.2 Å². The Morgan fingerprint density at radius 3 is 2.78 bits per heavy atom. The summed E-state index contributed by atoms with van der Waals surface area (Å²) in [5.74, 6) is -0.379. The monoisotopic (exact) mass is 406 g/mol. The first-order valence-electron chi connectivity index (χ1n) is 8.06. The largest absolute Gasteiger partial charge is 0.423 e. The zero-order valence-corrected chi connectivity index (χ0v) is 15.8. The topological polar surface area (TPSA) is 111 Å². The highest BCUT2D eigenvalue weighted by Gasteiger charge is 2.35. The predicted octanol–water partition coefficient (Wildman–Crippen LogP) is 2.82. The van der Waals surface area contributed by atoms with Gasteiger partial charge in [-0.1, -0.05) is 12.1 Å². The van der Waals surface area contributed by atoms with Crippen LogP contribution in [0.4, 0.5) is 4.39 Å². The number of amidine groups is 1. The van der Waals surface area contributed by atoms with Gasteiger partial charge in [0.2, 0.25) is 12.3 Å². The minimum atomic E-state index is -3.46. The molecule has 7 nitrogen and oxygen atoms in total. The molecule has 0 aliphatic carbocycles.